The molecule has 1 N–H and O–H groups in total. The van der Waals surface area contributed by atoms with Gasteiger partial charge in [-0.3, -0.25) is 14.9 Å². The van der Waals surface area contributed by atoms with Crippen LogP contribution in [0, 0.1) is 10.1 Å². The number of nitrogens with zero attached hydrogens (tertiary/aromatic N) is 2. The van der Waals surface area contributed by atoms with Crippen LogP contribution in [0.2, 0.25) is 0 Å². The zero-order valence-electron chi connectivity index (χ0n) is 15.8. The molecule has 4 aromatic rings. The molecule has 0 aliphatic carbocycles. The second kappa shape index (κ2) is 8.40. The zero-order chi connectivity index (χ0) is 20.9. The summed E-state index contributed by atoms with van der Waals surface area (Å²) in [5, 5.41) is 16.8. The highest BCUT2D eigenvalue weighted by molar-refractivity contribution is 5.90. The summed E-state index contributed by atoms with van der Waals surface area (Å²) < 4.78 is 5.66. The number of nitrogens with one attached hydrogen (secondary N) is 1. The molecule has 7 heteroatoms. The SMILES string of the molecule is O=C(Cc1cccc2ccccc12)NN=Cc1ccc(-c2ccc([N+](=O)[O-])cc2)o1. The van der Waals surface area contributed by atoms with E-state index in [9.17, 15) is 14.9 Å². The van der Waals surface area contributed by atoms with Crippen LogP contribution in [0.15, 0.2) is 88.4 Å². The lowest BCUT2D eigenvalue weighted by Crippen LogP contribution is -2.19. The van der Waals surface area contributed by atoms with E-state index in [2.05, 4.69) is 10.5 Å². The highest BCUT2D eigenvalue weighted by Crippen LogP contribution is 2.24. The van der Waals surface area contributed by atoms with E-state index in [1.165, 1.54) is 18.3 Å². The molecule has 7 nitrogen and oxygen atoms in total. The number of carbonyl (C=O) groups excluding carboxylic acids is 1. The lowest BCUT2D eigenvalue weighted by atomic mass is 10.0. The van der Waals surface area contributed by atoms with Crippen molar-refractivity contribution in [3.63, 3.8) is 0 Å². The van der Waals surface area contributed by atoms with Gasteiger partial charge in [0.2, 0.25) is 5.91 Å². The number of amides is 1. The highest BCUT2D eigenvalue weighted by Gasteiger charge is 2.09. The molecule has 0 bridgehead atoms. The monoisotopic (exact) mass is 399 g/mol. The molecule has 30 heavy (non-hydrogen) atoms. The van der Waals surface area contributed by atoms with E-state index in [1.54, 1.807) is 24.3 Å². The number of furan rings is 1. The topological polar surface area (TPSA) is 97.7 Å². The van der Waals surface area contributed by atoms with E-state index in [-0.39, 0.29) is 18.0 Å². The molecule has 0 aliphatic heterocycles. The number of hydrogen-bond acceptors (Lipinski definition) is 5. The molecule has 0 aliphatic rings. The fourth-order valence-corrected chi connectivity index (χ4v) is 3.15. The molecule has 1 heterocycles. The third kappa shape index (κ3) is 4.25. The van der Waals surface area contributed by atoms with Crippen molar-refractivity contribution >= 4 is 28.6 Å². The lowest BCUT2D eigenvalue weighted by molar-refractivity contribution is -0.384. The number of nitro groups is 1. The first kappa shape index (κ1) is 19.1. The van der Waals surface area contributed by atoms with Crippen LogP contribution in [-0.2, 0) is 11.2 Å². The molecule has 0 fully saturated rings. The maximum atomic E-state index is 12.2. The van der Waals surface area contributed by atoms with Gasteiger partial charge in [-0.05, 0) is 40.6 Å². The fraction of sp³-hybridized carbons (Fsp3) is 0.0435. The molecule has 0 radical (unpaired) electrons. The summed E-state index contributed by atoms with van der Waals surface area (Å²) in [5.74, 6) is 0.770. The van der Waals surface area contributed by atoms with E-state index >= 15 is 0 Å². The molecule has 0 atom stereocenters. The Kier molecular flexibility index (Phi) is 5.34. The van der Waals surface area contributed by atoms with Crippen molar-refractivity contribution in [2.24, 2.45) is 5.10 Å². The van der Waals surface area contributed by atoms with E-state index in [0.29, 0.717) is 17.1 Å². The molecule has 0 saturated carbocycles. The number of non-ortho nitro benzene ring substituents is 1. The first-order chi connectivity index (χ1) is 14.6. The number of carbonyl (C=O) groups is 1. The van der Waals surface area contributed by atoms with Crippen LogP contribution in [0.25, 0.3) is 22.1 Å². The van der Waals surface area contributed by atoms with Gasteiger partial charge in [0.05, 0.1) is 17.6 Å². The Morgan fingerprint density at radius 2 is 1.77 bits per heavy atom. The average molecular weight is 399 g/mol. The highest BCUT2D eigenvalue weighted by atomic mass is 16.6. The minimum atomic E-state index is -0.453. The van der Waals surface area contributed by atoms with Crippen LogP contribution < -0.4 is 5.43 Å². The standard InChI is InChI=1S/C23H17N3O4/c27-23(14-18-6-3-5-16-4-1-2-7-21(16)18)25-24-15-20-12-13-22(30-20)17-8-10-19(11-9-17)26(28)29/h1-13,15H,14H2,(H,25,27). The second-order valence-electron chi connectivity index (χ2n) is 6.61. The molecular formula is C23H17N3O4. The van der Waals surface area contributed by atoms with Crippen molar-refractivity contribution in [3.8, 4) is 11.3 Å². The first-order valence-electron chi connectivity index (χ1n) is 9.23. The largest absolute Gasteiger partial charge is 0.455 e. The van der Waals surface area contributed by atoms with Crippen molar-refractivity contribution in [1.29, 1.82) is 0 Å². The predicted molar refractivity (Wildman–Crippen MR) is 114 cm³/mol. The minimum Gasteiger partial charge on any atom is -0.455 e. The van der Waals surface area contributed by atoms with Gasteiger partial charge in [-0.2, -0.15) is 5.10 Å². The van der Waals surface area contributed by atoms with Gasteiger partial charge in [-0.15, -0.1) is 0 Å². The summed E-state index contributed by atoms with van der Waals surface area (Å²) >= 11 is 0. The van der Waals surface area contributed by atoms with Gasteiger partial charge in [0.15, 0.2) is 0 Å². The van der Waals surface area contributed by atoms with Gasteiger partial charge in [-0.25, -0.2) is 5.43 Å². The summed E-state index contributed by atoms with van der Waals surface area (Å²) in [4.78, 5) is 22.5. The normalized spacial score (nSPS) is 11.1. The Bertz CT molecular complexity index is 1240. The maximum absolute atomic E-state index is 12.2. The maximum Gasteiger partial charge on any atom is 0.269 e. The van der Waals surface area contributed by atoms with Crippen molar-refractivity contribution in [2.75, 3.05) is 0 Å². The predicted octanol–water partition coefficient (Wildman–Crippen LogP) is 4.70. The van der Waals surface area contributed by atoms with Crippen LogP contribution in [0.4, 0.5) is 5.69 Å². The Morgan fingerprint density at radius 1 is 1.00 bits per heavy atom. The Balaban J connectivity index is 1.39. The number of hydrogen-bond donors (Lipinski definition) is 1. The van der Waals surface area contributed by atoms with Crippen molar-refractivity contribution in [1.82, 2.24) is 5.43 Å². The molecule has 1 aromatic heterocycles. The summed E-state index contributed by atoms with van der Waals surface area (Å²) in [6, 6.07) is 23.3. The number of nitro benzene ring substituents is 1. The van der Waals surface area contributed by atoms with E-state index in [0.717, 1.165) is 16.3 Å². The quantitative estimate of drug-likeness (QED) is 0.289. The van der Waals surface area contributed by atoms with Gasteiger partial charge in [0.25, 0.3) is 5.69 Å². The van der Waals surface area contributed by atoms with Gasteiger partial charge < -0.3 is 4.42 Å². The molecule has 0 unspecified atom stereocenters. The molecule has 0 saturated heterocycles. The summed E-state index contributed by atoms with van der Waals surface area (Å²) in [6.07, 6.45) is 1.63. The van der Waals surface area contributed by atoms with Crippen molar-refractivity contribution in [3.05, 3.63) is 100 Å². The van der Waals surface area contributed by atoms with Crippen LogP contribution in [0.1, 0.15) is 11.3 Å². The Morgan fingerprint density at radius 3 is 2.57 bits per heavy atom. The molecule has 1 amide bonds. The summed E-state index contributed by atoms with van der Waals surface area (Å²) in [6.45, 7) is 0. The van der Waals surface area contributed by atoms with Gasteiger partial charge >= 0.3 is 0 Å². The van der Waals surface area contributed by atoms with Gasteiger partial charge in [0.1, 0.15) is 11.5 Å². The number of benzene rings is 3. The smallest absolute Gasteiger partial charge is 0.269 e. The third-order valence-electron chi connectivity index (χ3n) is 4.60. The first-order valence-corrected chi connectivity index (χ1v) is 9.23. The van der Waals surface area contributed by atoms with Crippen molar-refractivity contribution in [2.45, 2.75) is 6.42 Å². The minimum absolute atomic E-state index is 0.0148. The van der Waals surface area contributed by atoms with Gasteiger partial charge in [0, 0.05) is 17.7 Å². The summed E-state index contributed by atoms with van der Waals surface area (Å²) in [5.41, 5.74) is 4.16. The number of fused-ring (bicyclic) bond motifs is 1. The lowest BCUT2D eigenvalue weighted by Gasteiger charge is -2.05. The molecule has 4 rings (SSSR count). The third-order valence-corrected chi connectivity index (χ3v) is 4.60. The number of rotatable bonds is 6. The molecule has 3 aromatic carbocycles. The van der Waals surface area contributed by atoms with Crippen molar-refractivity contribution < 1.29 is 14.1 Å². The average Bonchev–Trinajstić information content (AvgIpc) is 3.23. The number of hydrazone groups is 1. The molecular weight excluding hydrogens is 382 g/mol. The van der Waals surface area contributed by atoms with E-state index < -0.39 is 4.92 Å². The van der Waals surface area contributed by atoms with Crippen LogP contribution in [-0.4, -0.2) is 17.0 Å². The zero-order valence-corrected chi connectivity index (χ0v) is 15.8. The van der Waals surface area contributed by atoms with E-state index in [4.69, 9.17) is 4.42 Å². The Hall–Kier alpha value is -4.26. The van der Waals surface area contributed by atoms with Crippen LogP contribution >= 0.6 is 0 Å². The van der Waals surface area contributed by atoms with Gasteiger partial charge in [-0.1, -0.05) is 42.5 Å². The fourth-order valence-electron chi connectivity index (χ4n) is 3.15. The van der Waals surface area contributed by atoms with Crippen LogP contribution in [0.3, 0.4) is 0 Å². The second-order valence-corrected chi connectivity index (χ2v) is 6.61. The Labute approximate surface area is 171 Å². The molecule has 148 valence electrons. The molecule has 0 spiro atoms. The van der Waals surface area contributed by atoms with Crippen LogP contribution in [0.5, 0.6) is 0 Å². The summed E-state index contributed by atoms with van der Waals surface area (Å²) in [7, 11) is 0. The van der Waals surface area contributed by atoms with E-state index in [1.807, 2.05) is 42.5 Å².